The number of carbonyl (C=O) groups excluding carboxylic acids is 1. The zero-order chi connectivity index (χ0) is 24.8. The van der Waals surface area contributed by atoms with Gasteiger partial charge in [-0.2, -0.15) is 0 Å². The van der Waals surface area contributed by atoms with Crippen molar-refractivity contribution in [2.75, 3.05) is 24.3 Å². The largest absolute Gasteiger partial charge is 0.497 e. The molecule has 0 aliphatic heterocycles. The van der Waals surface area contributed by atoms with Crippen molar-refractivity contribution in [3.05, 3.63) is 103 Å². The topological polar surface area (TPSA) is 93.7 Å². The molecule has 0 fully saturated rings. The third-order valence-corrected chi connectivity index (χ3v) is 6.71. The van der Waals surface area contributed by atoms with Crippen LogP contribution in [0.2, 0.25) is 0 Å². The van der Waals surface area contributed by atoms with Gasteiger partial charge < -0.3 is 14.8 Å². The van der Waals surface area contributed by atoms with E-state index < -0.39 is 10.0 Å². The van der Waals surface area contributed by atoms with Crippen LogP contribution in [0.15, 0.2) is 102 Å². The molecule has 0 aliphatic carbocycles. The molecule has 0 spiro atoms. The van der Waals surface area contributed by atoms with Crippen LogP contribution in [0.3, 0.4) is 0 Å². The first-order chi connectivity index (χ1) is 16.9. The van der Waals surface area contributed by atoms with Crippen LogP contribution in [0.25, 0.3) is 11.1 Å². The van der Waals surface area contributed by atoms with Crippen molar-refractivity contribution < 1.29 is 22.7 Å². The van der Waals surface area contributed by atoms with Crippen molar-refractivity contribution in [3.63, 3.8) is 0 Å². The Kier molecular flexibility index (Phi) is 7.03. The molecule has 0 unspecified atom stereocenters. The Balaban J connectivity index is 1.63. The Morgan fingerprint density at radius 2 is 1.40 bits per heavy atom. The molecule has 2 N–H and O–H groups in total. The van der Waals surface area contributed by atoms with E-state index in [9.17, 15) is 13.2 Å². The first-order valence-electron chi connectivity index (χ1n) is 10.7. The van der Waals surface area contributed by atoms with E-state index in [4.69, 9.17) is 9.47 Å². The van der Waals surface area contributed by atoms with E-state index in [0.29, 0.717) is 22.7 Å². The Morgan fingerprint density at radius 3 is 2.09 bits per heavy atom. The molecule has 1 amide bonds. The molecule has 7 nitrogen and oxygen atoms in total. The lowest BCUT2D eigenvalue weighted by Gasteiger charge is -2.15. The SMILES string of the molecule is COc1ccc(NS(=O)(=O)c2cc(NC(=O)c3ccccc3-c3ccccc3)ccc2OC)cc1. The maximum atomic E-state index is 13.2. The highest BCUT2D eigenvalue weighted by Gasteiger charge is 2.22. The molecule has 0 heterocycles. The first-order valence-corrected chi connectivity index (χ1v) is 12.2. The molecule has 35 heavy (non-hydrogen) atoms. The molecule has 8 heteroatoms. The number of carbonyl (C=O) groups is 1. The van der Waals surface area contributed by atoms with Gasteiger partial charge in [0, 0.05) is 16.9 Å². The number of methoxy groups -OCH3 is 2. The minimum Gasteiger partial charge on any atom is -0.497 e. The van der Waals surface area contributed by atoms with Gasteiger partial charge in [0.2, 0.25) is 0 Å². The van der Waals surface area contributed by atoms with Crippen LogP contribution in [0, 0.1) is 0 Å². The quantitative estimate of drug-likeness (QED) is 0.345. The summed E-state index contributed by atoms with van der Waals surface area (Å²) in [6, 6.07) is 27.7. The molecular formula is C27H24N2O5S. The lowest BCUT2D eigenvalue weighted by molar-refractivity contribution is 0.102. The lowest BCUT2D eigenvalue weighted by Crippen LogP contribution is -2.16. The third kappa shape index (κ3) is 5.44. The Labute approximate surface area is 204 Å². The molecule has 0 atom stereocenters. The fourth-order valence-corrected chi connectivity index (χ4v) is 4.84. The summed E-state index contributed by atoms with van der Waals surface area (Å²) in [5.74, 6) is 0.390. The van der Waals surface area contributed by atoms with E-state index in [0.717, 1.165) is 11.1 Å². The van der Waals surface area contributed by atoms with Gasteiger partial charge in [0.1, 0.15) is 16.4 Å². The summed E-state index contributed by atoms with van der Waals surface area (Å²) in [4.78, 5) is 13.0. The van der Waals surface area contributed by atoms with Crippen molar-refractivity contribution in [2.45, 2.75) is 4.90 Å². The summed E-state index contributed by atoms with van der Waals surface area (Å²) in [7, 11) is -1.10. The third-order valence-electron chi connectivity index (χ3n) is 5.31. The second-order valence-corrected chi connectivity index (χ2v) is 9.22. The van der Waals surface area contributed by atoms with Gasteiger partial charge in [-0.25, -0.2) is 8.42 Å². The van der Waals surface area contributed by atoms with Crippen LogP contribution in [0.1, 0.15) is 10.4 Å². The van der Waals surface area contributed by atoms with E-state index in [2.05, 4.69) is 10.0 Å². The number of benzene rings is 4. The van der Waals surface area contributed by atoms with Crippen molar-refractivity contribution in [1.29, 1.82) is 0 Å². The van der Waals surface area contributed by atoms with Gasteiger partial charge in [-0.1, -0.05) is 48.5 Å². The predicted octanol–water partition coefficient (Wildman–Crippen LogP) is 5.42. The van der Waals surface area contributed by atoms with Crippen LogP contribution in [-0.4, -0.2) is 28.5 Å². The molecule has 0 saturated heterocycles. The zero-order valence-electron chi connectivity index (χ0n) is 19.2. The second kappa shape index (κ2) is 10.3. The normalized spacial score (nSPS) is 10.9. The molecule has 4 aromatic rings. The van der Waals surface area contributed by atoms with Crippen molar-refractivity contribution in [3.8, 4) is 22.6 Å². The standard InChI is InChI=1S/C27H24N2O5S/c1-33-22-15-12-20(13-16-22)29-35(31,32)26-18-21(14-17-25(26)34-2)28-27(30)24-11-7-6-10-23(24)19-8-4-3-5-9-19/h3-18,29H,1-2H3,(H,28,30). The predicted molar refractivity (Wildman–Crippen MR) is 137 cm³/mol. The van der Waals surface area contributed by atoms with Gasteiger partial charge in [0.15, 0.2) is 0 Å². The van der Waals surface area contributed by atoms with Gasteiger partial charge in [-0.15, -0.1) is 0 Å². The first kappa shape index (κ1) is 23.8. The summed E-state index contributed by atoms with van der Waals surface area (Å²) in [5, 5.41) is 2.81. The maximum Gasteiger partial charge on any atom is 0.265 e. The second-order valence-electron chi connectivity index (χ2n) is 7.57. The number of sulfonamides is 1. The van der Waals surface area contributed by atoms with E-state index >= 15 is 0 Å². The molecule has 0 radical (unpaired) electrons. The average molecular weight is 489 g/mol. The number of anilines is 2. The van der Waals surface area contributed by atoms with Crippen LogP contribution >= 0.6 is 0 Å². The van der Waals surface area contributed by atoms with Crippen LogP contribution in [0.4, 0.5) is 11.4 Å². The molecule has 178 valence electrons. The van der Waals surface area contributed by atoms with E-state index in [1.54, 1.807) is 42.5 Å². The van der Waals surface area contributed by atoms with Crippen molar-refractivity contribution in [1.82, 2.24) is 0 Å². The van der Waals surface area contributed by atoms with Gasteiger partial charge in [0.25, 0.3) is 15.9 Å². The monoisotopic (exact) mass is 488 g/mol. The minimum absolute atomic E-state index is 0.107. The van der Waals surface area contributed by atoms with Crippen LogP contribution < -0.4 is 19.5 Å². The number of ether oxygens (including phenoxy) is 2. The minimum atomic E-state index is -4.02. The highest BCUT2D eigenvalue weighted by atomic mass is 32.2. The highest BCUT2D eigenvalue weighted by Crippen LogP contribution is 2.30. The maximum absolute atomic E-state index is 13.2. The molecule has 0 aliphatic rings. The summed E-state index contributed by atoms with van der Waals surface area (Å²) in [6.07, 6.45) is 0. The van der Waals surface area contributed by atoms with Crippen LogP contribution in [-0.2, 0) is 10.0 Å². The van der Waals surface area contributed by atoms with Gasteiger partial charge in [0.05, 0.1) is 14.2 Å². The smallest absolute Gasteiger partial charge is 0.265 e. The average Bonchev–Trinajstić information content (AvgIpc) is 2.89. The number of rotatable bonds is 8. The van der Waals surface area contributed by atoms with Crippen LogP contribution in [0.5, 0.6) is 11.5 Å². The Morgan fingerprint density at radius 1 is 0.743 bits per heavy atom. The van der Waals surface area contributed by atoms with E-state index in [1.807, 2.05) is 42.5 Å². The van der Waals surface area contributed by atoms with E-state index in [-0.39, 0.29) is 16.6 Å². The molecule has 0 saturated carbocycles. The highest BCUT2D eigenvalue weighted by molar-refractivity contribution is 7.92. The fourth-order valence-electron chi connectivity index (χ4n) is 3.58. The van der Waals surface area contributed by atoms with Gasteiger partial charge in [-0.05, 0) is 59.7 Å². The summed E-state index contributed by atoms with van der Waals surface area (Å²) >= 11 is 0. The number of nitrogens with one attached hydrogen (secondary N) is 2. The lowest BCUT2D eigenvalue weighted by atomic mass is 9.99. The van der Waals surface area contributed by atoms with Crippen molar-refractivity contribution in [2.24, 2.45) is 0 Å². The number of hydrogen-bond donors (Lipinski definition) is 2. The van der Waals surface area contributed by atoms with E-state index in [1.165, 1.54) is 26.4 Å². The molecule has 4 rings (SSSR count). The Bertz CT molecular complexity index is 1440. The fraction of sp³-hybridized carbons (Fsp3) is 0.0741. The summed E-state index contributed by atoms with van der Waals surface area (Å²) in [5.41, 5.74) is 2.82. The van der Waals surface area contributed by atoms with Gasteiger partial charge >= 0.3 is 0 Å². The molecule has 0 aromatic heterocycles. The molecular weight excluding hydrogens is 464 g/mol. The summed E-state index contributed by atoms with van der Waals surface area (Å²) < 4.78 is 39.2. The zero-order valence-corrected chi connectivity index (χ0v) is 20.0. The number of amides is 1. The Hall–Kier alpha value is -4.30. The summed E-state index contributed by atoms with van der Waals surface area (Å²) in [6.45, 7) is 0. The molecule has 0 bridgehead atoms. The molecule has 4 aromatic carbocycles. The van der Waals surface area contributed by atoms with Crippen molar-refractivity contribution >= 4 is 27.3 Å². The van der Waals surface area contributed by atoms with Gasteiger partial charge in [-0.3, -0.25) is 9.52 Å². The number of hydrogen-bond acceptors (Lipinski definition) is 5.